The first-order chi connectivity index (χ1) is 9.55. The van der Waals surface area contributed by atoms with Gasteiger partial charge in [-0.15, -0.1) is 0 Å². The van der Waals surface area contributed by atoms with Crippen molar-refractivity contribution in [2.24, 2.45) is 5.92 Å². The van der Waals surface area contributed by atoms with Crippen LogP contribution in [0.5, 0.6) is 0 Å². The van der Waals surface area contributed by atoms with Crippen LogP contribution >= 0.6 is 35.3 Å². The molecule has 1 aromatic carbocycles. The second-order valence-electron chi connectivity index (χ2n) is 5.13. The third-order valence-electron chi connectivity index (χ3n) is 2.83. The summed E-state index contributed by atoms with van der Waals surface area (Å²) in [5, 5.41) is 0. The van der Waals surface area contributed by atoms with Crippen LogP contribution < -0.4 is 0 Å². The van der Waals surface area contributed by atoms with Crippen LogP contribution in [0, 0.1) is 5.92 Å². The zero-order chi connectivity index (χ0) is 16.3. The molecule has 0 spiro atoms. The van der Waals surface area contributed by atoms with Gasteiger partial charge in [0.2, 0.25) is 0 Å². The Bertz CT molecular complexity index is 544. The Morgan fingerprint density at radius 1 is 1.30 bits per heavy atom. The number of thioether (sulfide) groups is 1. The molecule has 0 fully saturated rings. The van der Waals surface area contributed by atoms with Gasteiger partial charge in [0, 0.05) is 15.8 Å². The number of alkyl halides is 2. The fraction of sp³-hybridized carbons (Fsp3) is 0.538. The summed E-state index contributed by atoms with van der Waals surface area (Å²) in [6.45, 7) is 4.27. The number of halogens is 3. The first-order valence-corrected chi connectivity index (χ1v) is 9.92. The van der Waals surface area contributed by atoms with E-state index in [1.54, 1.807) is 11.8 Å². The molecule has 124 valence electrons. The van der Waals surface area contributed by atoms with Crippen LogP contribution in [0.25, 0.3) is 0 Å². The fourth-order valence-corrected chi connectivity index (χ4v) is 4.09. The van der Waals surface area contributed by atoms with Crippen molar-refractivity contribution in [3.63, 3.8) is 0 Å². The quantitative estimate of drug-likeness (QED) is 0.378. The van der Waals surface area contributed by atoms with Crippen LogP contribution in [0.3, 0.4) is 0 Å². The molecular formula is C13H20BrF2Na2O3PS. The molecule has 0 aliphatic carbocycles. The Labute approximate surface area is 192 Å². The molecular weight excluding hydrogens is 431 g/mol. The van der Waals surface area contributed by atoms with E-state index in [0.717, 1.165) is 23.8 Å². The van der Waals surface area contributed by atoms with E-state index < -0.39 is 18.8 Å². The van der Waals surface area contributed by atoms with Crippen molar-refractivity contribution in [2.45, 2.75) is 31.7 Å². The van der Waals surface area contributed by atoms with Crippen LogP contribution in [0.2, 0.25) is 0 Å². The molecule has 0 radical (unpaired) electrons. The molecule has 1 rings (SSSR count). The van der Waals surface area contributed by atoms with Crippen molar-refractivity contribution in [2.75, 3.05) is 5.75 Å². The molecule has 1 aromatic rings. The summed E-state index contributed by atoms with van der Waals surface area (Å²) in [6, 6.07) is 4.04. The van der Waals surface area contributed by atoms with Crippen LogP contribution in [0.15, 0.2) is 22.7 Å². The van der Waals surface area contributed by atoms with E-state index in [1.165, 1.54) is 12.1 Å². The van der Waals surface area contributed by atoms with E-state index >= 15 is 0 Å². The standard InChI is InChI=1S/C13H18BrF2O3PS.2Na.2H/c1-9(2)5-6-21-8-10-3-4-11(12(14)7-10)13(15,16)20(17,18)19;;;;/h3-4,7,9H,5-6,8H2,1-2H3,(H2,17,18,19);;;;. The Morgan fingerprint density at radius 3 is 2.30 bits per heavy atom. The van der Waals surface area contributed by atoms with E-state index in [2.05, 4.69) is 29.8 Å². The van der Waals surface area contributed by atoms with Gasteiger partial charge in [0.25, 0.3) is 0 Å². The molecule has 0 amide bonds. The third kappa shape index (κ3) is 8.53. The van der Waals surface area contributed by atoms with Gasteiger partial charge in [0.1, 0.15) is 0 Å². The van der Waals surface area contributed by atoms with Gasteiger partial charge < -0.3 is 9.79 Å². The fourth-order valence-electron chi connectivity index (χ4n) is 1.56. The van der Waals surface area contributed by atoms with Crippen LogP contribution in [0.1, 0.15) is 31.4 Å². The van der Waals surface area contributed by atoms with E-state index in [1.807, 2.05) is 0 Å². The number of benzene rings is 1. The molecule has 0 atom stereocenters. The van der Waals surface area contributed by atoms with Crippen molar-refractivity contribution in [3.8, 4) is 0 Å². The summed E-state index contributed by atoms with van der Waals surface area (Å²) in [7, 11) is -5.54. The molecule has 3 nitrogen and oxygen atoms in total. The maximum atomic E-state index is 13.7. The summed E-state index contributed by atoms with van der Waals surface area (Å²) < 4.78 is 38.2. The molecule has 23 heavy (non-hydrogen) atoms. The van der Waals surface area contributed by atoms with Crippen molar-refractivity contribution in [1.29, 1.82) is 0 Å². The van der Waals surface area contributed by atoms with E-state index in [9.17, 15) is 13.3 Å². The normalized spacial score (nSPS) is 11.8. The predicted octanol–water partition coefficient (Wildman–Crippen LogP) is 3.66. The zero-order valence-corrected chi connectivity index (χ0v) is 15.0. The van der Waals surface area contributed by atoms with Gasteiger partial charge in [-0.05, 0) is 29.7 Å². The van der Waals surface area contributed by atoms with Crippen molar-refractivity contribution < 1.29 is 23.1 Å². The Hall–Kier alpha value is 2.06. The van der Waals surface area contributed by atoms with Crippen LogP contribution in [0.4, 0.5) is 8.78 Å². The van der Waals surface area contributed by atoms with Gasteiger partial charge in [-0.25, -0.2) is 0 Å². The zero-order valence-electron chi connectivity index (χ0n) is 11.7. The van der Waals surface area contributed by atoms with E-state index in [4.69, 9.17) is 9.79 Å². The number of hydrogen-bond acceptors (Lipinski definition) is 2. The van der Waals surface area contributed by atoms with Gasteiger partial charge in [-0.1, -0.05) is 41.9 Å². The second kappa shape index (κ2) is 11.7. The van der Waals surface area contributed by atoms with E-state index in [0.29, 0.717) is 11.7 Å². The summed E-state index contributed by atoms with van der Waals surface area (Å²) in [5.41, 5.74) is -4.04. The Morgan fingerprint density at radius 2 is 1.87 bits per heavy atom. The molecule has 2 N–H and O–H groups in total. The van der Waals surface area contributed by atoms with Crippen molar-refractivity contribution in [1.82, 2.24) is 0 Å². The molecule has 0 bridgehead atoms. The molecule has 0 heterocycles. The minimum absolute atomic E-state index is 0. The predicted molar refractivity (Wildman–Crippen MR) is 100.0 cm³/mol. The molecule has 0 saturated carbocycles. The SMILES string of the molecule is CC(C)CCSCc1ccc(C(F)(F)P(=O)(O)O)c(Br)c1.[NaH].[NaH]. The summed E-state index contributed by atoms with van der Waals surface area (Å²) >= 11 is 4.68. The maximum absolute atomic E-state index is 13.7. The number of rotatable bonds is 7. The van der Waals surface area contributed by atoms with Crippen LogP contribution in [-0.2, 0) is 16.0 Å². The molecule has 0 unspecified atom stereocenters. The first-order valence-electron chi connectivity index (χ1n) is 6.36. The minimum atomic E-state index is -5.54. The topological polar surface area (TPSA) is 57.5 Å². The van der Waals surface area contributed by atoms with Gasteiger partial charge in [-0.3, -0.25) is 4.57 Å². The second-order valence-corrected chi connectivity index (χ2v) is 8.74. The van der Waals surface area contributed by atoms with Gasteiger partial charge in [0.05, 0.1) is 0 Å². The molecule has 10 heteroatoms. The molecule has 0 aliphatic rings. The van der Waals surface area contributed by atoms with Gasteiger partial charge >= 0.3 is 72.4 Å². The van der Waals surface area contributed by atoms with Gasteiger partial charge in [-0.2, -0.15) is 20.5 Å². The summed E-state index contributed by atoms with van der Waals surface area (Å²) in [6.07, 6.45) is 1.08. The Balaban J connectivity index is 0. The van der Waals surface area contributed by atoms with Gasteiger partial charge in [0.15, 0.2) is 0 Å². The average molecular weight is 451 g/mol. The summed E-state index contributed by atoms with van der Waals surface area (Å²) in [4.78, 5) is 17.5. The molecule has 0 saturated heterocycles. The monoisotopic (exact) mass is 450 g/mol. The summed E-state index contributed by atoms with van der Waals surface area (Å²) in [5.74, 6) is 2.27. The van der Waals surface area contributed by atoms with Crippen molar-refractivity contribution in [3.05, 3.63) is 33.8 Å². The Kier molecular flexibility index (Phi) is 13.9. The first kappa shape index (κ1) is 27.3. The number of hydrogen-bond donors (Lipinski definition) is 2. The molecule has 0 aromatic heterocycles. The van der Waals surface area contributed by atoms with Crippen LogP contribution in [-0.4, -0.2) is 74.7 Å². The van der Waals surface area contributed by atoms with Crippen molar-refractivity contribution >= 4 is 94.4 Å². The third-order valence-corrected chi connectivity index (χ3v) is 5.52. The molecule has 0 aliphatic heterocycles. The van der Waals surface area contributed by atoms with E-state index in [-0.39, 0.29) is 63.6 Å². The average Bonchev–Trinajstić information content (AvgIpc) is 2.32.